The lowest BCUT2D eigenvalue weighted by Crippen LogP contribution is -2.27. The maximum absolute atomic E-state index is 9.58. The maximum Gasteiger partial charge on any atom is 0.346 e. The highest BCUT2D eigenvalue weighted by molar-refractivity contribution is 5.83. The minimum Gasteiger partial charge on any atom is -0.348 e. The number of benzene rings is 2. The van der Waals surface area contributed by atoms with E-state index in [0.29, 0.717) is 29.5 Å². The molecule has 2 aromatic rings. The van der Waals surface area contributed by atoms with Crippen LogP contribution >= 0.6 is 0 Å². The van der Waals surface area contributed by atoms with Crippen LogP contribution < -0.4 is 9.80 Å². The lowest BCUT2D eigenvalue weighted by molar-refractivity contribution is 0.00736. The molecule has 0 aliphatic carbocycles. The first-order valence-electron chi connectivity index (χ1n) is 11.7. The Labute approximate surface area is 193 Å². The van der Waals surface area contributed by atoms with Gasteiger partial charge in [-0.05, 0) is 45.9 Å². The fraction of sp³-hybridized carbons (Fsp3) is 0.429. The molecule has 0 amide bonds. The van der Waals surface area contributed by atoms with Crippen molar-refractivity contribution in [3.05, 3.63) is 82.4 Å². The monoisotopic (exact) mass is 428 g/mol. The van der Waals surface area contributed by atoms with E-state index in [1.54, 1.807) is 0 Å². The summed E-state index contributed by atoms with van der Waals surface area (Å²) in [7, 11) is 0. The van der Waals surface area contributed by atoms with Gasteiger partial charge in [0.15, 0.2) is 0 Å². The molecule has 0 bridgehead atoms. The van der Waals surface area contributed by atoms with Crippen molar-refractivity contribution in [3.63, 3.8) is 0 Å². The largest absolute Gasteiger partial charge is 0.348 e. The highest BCUT2D eigenvalue weighted by Gasteiger charge is 2.32. The number of rotatable bonds is 6. The van der Waals surface area contributed by atoms with Gasteiger partial charge in [0.2, 0.25) is 0 Å². The van der Waals surface area contributed by atoms with Gasteiger partial charge in [0.25, 0.3) is 5.82 Å². The number of anilines is 2. The second-order valence-electron chi connectivity index (χ2n) is 9.76. The van der Waals surface area contributed by atoms with E-state index in [0.717, 1.165) is 11.4 Å². The Hall–Kier alpha value is -3.06. The predicted molar refractivity (Wildman–Crippen MR) is 135 cm³/mol. The van der Waals surface area contributed by atoms with Gasteiger partial charge in [0.1, 0.15) is 0 Å². The molecule has 0 unspecified atom stereocenters. The second-order valence-corrected chi connectivity index (χ2v) is 9.76. The van der Waals surface area contributed by atoms with Crippen LogP contribution in [0.4, 0.5) is 11.4 Å². The lowest BCUT2D eigenvalue weighted by atomic mass is 9.91. The third kappa shape index (κ3) is 4.30. The van der Waals surface area contributed by atoms with Crippen LogP contribution in [0.25, 0.3) is 5.53 Å². The lowest BCUT2D eigenvalue weighted by Gasteiger charge is -2.30. The molecule has 1 heterocycles. The van der Waals surface area contributed by atoms with Crippen LogP contribution in [0.15, 0.2) is 54.6 Å². The zero-order valence-corrected chi connectivity index (χ0v) is 20.7. The van der Waals surface area contributed by atoms with Crippen LogP contribution in [-0.2, 0) is 0 Å². The molecule has 0 aromatic heterocycles. The standard InChI is InChI=1S/C28H36N4/c1-18(2)22-11-9-12-23(19(3)4)27(22)31-15-16-32(26(31)17-30-29)28-24(20(5)6)13-10-14-25(28)21(7)8/h9-16,18-21H,1-8H3. The number of para-hydroxylation sites is 2. The molecule has 0 spiro atoms. The van der Waals surface area contributed by atoms with Gasteiger partial charge in [-0.2, -0.15) is 0 Å². The van der Waals surface area contributed by atoms with Crippen molar-refractivity contribution >= 4 is 17.2 Å². The van der Waals surface area contributed by atoms with Gasteiger partial charge >= 0.3 is 5.87 Å². The van der Waals surface area contributed by atoms with Crippen molar-refractivity contribution in [1.29, 1.82) is 0 Å². The molecule has 1 aliphatic heterocycles. The van der Waals surface area contributed by atoms with Crippen LogP contribution in [-0.4, -0.2) is 10.7 Å². The summed E-state index contributed by atoms with van der Waals surface area (Å²) in [6.45, 7) is 17.7. The van der Waals surface area contributed by atoms with E-state index in [9.17, 15) is 5.53 Å². The molecule has 1 aliphatic rings. The van der Waals surface area contributed by atoms with E-state index >= 15 is 0 Å². The SMILES string of the molecule is CC(C)c1cccc(C(C)C)c1N1C=CN(c2c(C(C)C)cccc2C(C)C)C1=C=[N+]=[N-]. The number of nitrogens with zero attached hydrogens (tertiary/aromatic N) is 4. The summed E-state index contributed by atoms with van der Waals surface area (Å²) >= 11 is 0. The molecule has 4 nitrogen and oxygen atoms in total. The molecular formula is C28H36N4. The van der Waals surface area contributed by atoms with E-state index in [1.165, 1.54) is 22.3 Å². The van der Waals surface area contributed by atoms with Crippen molar-refractivity contribution in [2.24, 2.45) is 0 Å². The molecule has 0 fully saturated rings. The Morgan fingerprint density at radius 2 is 0.938 bits per heavy atom. The minimum atomic E-state index is 0.354. The van der Waals surface area contributed by atoms with Crippen LogP contribution in [0.5, 0.6) is 0 Å². The number of hydrogen-bond donors (Lipinski definition) is 0. The molecule has 3 rings (SSSR count). The summed E-state index contributed by atoms with van der Waals surface area (Å²) in [4.78, 5) is 7.62. The van der Waals surface area contributed by atoms with Crippen molar-refractivity contribution in [2.45, 2.75) is 79.1 Å². The molecule has 0 atom stereocenters. The molecule has 2 aromatic carbocycles. The van der Waals surface area contributed by atoms with Crippen molar-refractivity contribution in [2.75, 3.05) is 9.80 Å². The predicted octanol–water partition coefficient (Wildman–Crippen LogP) is 7.72. The molecule has 0 saturated heterocycles. The molecule has 4 heteroatoms. The van der Waals surface area contributed by atoms with Gasteiger partial charge in [-0.3, -0.25) is 9.80 Å². The summed E-state index contributed by atoms with van der Waals surface area (Å²) < 4.78 is 0. The molecule has 0 saturated carbocycles. The maximum atomic E-state index is 9.58. The highest BCUT2D eigenvalue weighted by atomic mass is 15.4. The Morgan fingerprint density at radius 3 is 1.19 bits per heavy atom. The zero-order chi connectivity index (χ0) is 23.6. The summed E-state index contributed by atoms with van der Waals surface area (Å²) in [6.07, 6.45) is 4.14. The Morgan fingerprint density at radius 1 is 0.625 bits per heavy atom. The van der Waals surface area contributed by atoms with Gasteiger partial charge in [-0.25, -0.2) is 0 Å². The van der Waals surface area contributed by atoms with Crippen LogP contribution in [0.2, 0.25) is 0 Å². The summed E-state index contributed by atoms with van der Waals surface area (Å²) in [5.41, 5.74) is 16.9. The third-order valence-electron chi connectivity index (χ3n) is 6.14. The minimum absolute atomic E-state index is 0.354. The molecular weight excluding hydrogens is 392 g/mol. The Balaban J connectivity index is 2.27. The summed E-state index contributed by atoms with van der Waals surface area (Å²) in [5.74, 6) is 5.02. The van der Waals surface area contributed by atoms with E-state index in [-0.39, 0.29) is 0 Å². The van der Waals surface area contributed by atoms with E-state index in [2.05, 4.69) is 125 Å². The van der Waals surface area contributed by atoms with Gasteiger partial charge in [0, 0.05) is 12.4 Å². The molecule has 0 radical (unpaired) electrons. The van der Waals surface area contributed by atoms with Crippen molar-refractivity contribution < 1.29 is 4.79 Å². The van der Waals surface area contributed by atoms with E-state index in [1.807, 2.05) is 0 Å². The smallest absolute Gasteiger partial charge is 0.346 e. The topological polar surface area (TPSA) is 42.9 Å². The fourth-order valence-electron chi connectivity index (χ4n) is 4.48. The van der Waals surface area contributed by atoms with Crippen molar-refractivity contribution in [1.82, 2.24) is 0 Å². The quantitative estimate of drug-likeness (QED) is 0.268. The van der Waals surface area contributed by atoms with E-state index in [4.69, 9.17) is 0 Å². The first-order chi connectivity index (χ1) is 15.2. The second kappa shape index (κ2) is 9.61. The fourth-order valence-corrected chi connectivity index (χ4v) is 4.48. The normalized spacial score (nSPS) is 13.7. The van der Waals surface area contributed by atoms with Crippen LogP contribution in [0, 0.1) is 0 Å². The Bertz CT molecular complexity index is 966. The first-order valence-corrected chi connectivity index (χ1v) is 11.7. The van der Waals surface area contributed by atoms with Gasteiger partial charge in [-0.15, -0.1) is 4.79 Å². The summed E-state index contributed by atoms with van der Waals surface area (Å²) in [6, 6.07) is 13.0. The average Bonchev–Trinajstić information content (AvgIpc) is 3.15. The average molecular weight is 429 g/mol. The molecule has 168 valence electrons. The Kier molecular flexibility index (Phi) is 7.09. The van der Waals surface area contributed by atoms with E-state index < -0.39 is 0 Å². The van der Waals surface area contributed by atoms with Crippen LogP contribution in [0.1, 0.15) is 101 Å². The zero-order valence-electron chi connectivity index (χ0n) is 20.7. The van der Waals surface area contributed by atoms with Crippen molar-refractivity contribution in [3.8, 4) is 0 Å². The van der Waals surface area contributed by atoms with Gasteiger partial charge in [0.05, 0.1) is 11.4 Å². The van der Waals surface area contributed by atoms with Crippen LogP contribution in [0.3, 0.4) is 0 Å². The first kappa shape index (κ1) is 23.6. The molecule has 0 N–H and O–H groups in total. The highest BCUT2D eigenvalue weighted by Crippen LogP contribution is 2.43. The van der Waals surface area contributed by atoms with Gasteiger partial charge in [-0.1, -0.05) is 91.8 Å². The molecule has 32 heavy (non-hydrogen) atoms. The number of hydrogen-bond acceptors (Lipinski definition) is 2. The van der Waals surface area contributed by atoms with Gasteiger partial charge < -0.3 is 5.53 Å². The third-order valence-corrected chi connectivity index (χ3v) is 6.14. The summed E-state index contributed by atoms with van der Waals surface area (Å²) in [5, 5.41) is 0.